The second-order valence-corrected chi connectivity index (χ2v) is 5.11. The van der Waals surface area contributed by atoms with Crippen molar-refractivity contribution in [1.82, 2.24) is 5.32 Å². The highest BCUT2D eigenvalue weighted by Gasteiger charge is 2.32. The smallest absolute Gasteiger partial charge is 0.306 e. The van der Waals surface area contributed by atoms with Gasteiger partial charge in [-0.05, 0) is 36.6 Å². The molecule has 0 spiro atoms. The summed E-state index contributed by atoms with van der Waals surface area (Å²) in [5.41, 5.74) is 1.92. The van der Waals surface area contributed by atoms with Crippen LogP contribution in [0.4, 0.5) is 13.2 Å². The van der Waals surface area contributed by atoms with Crippen molar-refractivity contribution >= 4 is 0 Å². The zero-order valence-corrected chi connectivity index (χ0v) is 12.0. The average Bonchev–Trinajstić information content (AvgIpc) is 2.44. The molecule has 0 unspecified atom stereocenters. The summed E-state index contributed by atoms with van der Waals surface area (Å²) >= 11 is 0. The molecular weight excluding hydrogens is 275 g/mol. The number of rotatable bonds is 4. The molecule has 2 aromatic carbocycles. The molecule has 21 heavy (non-hydrogen) atoms. The molecule has 0 radical (unpaired) electrons. The van der Waals surface area contributed by atoms with Gasteiger partial charge in [-0.15, -0.1) is 0 Å². The first-order valence-corrected chi connectivity index (χ1v) is 6.83. The highest BCUT2D eigenvalue weighted by atomic mass is 19.4. The van der Waals surface area contributed by atoms with Crippen LogP contribution in [0, 0.1) is 6.92 Å². The minimum atomic E-state index is -4.32. The first kappa shape index (κ1) is 15.6. The third-order valence-electron chi connectivity index (χ3n) is 3.58. The Morgan fingerprint density at radius 1 is 1.00 bits per heavy atom. The second kappa shape index (κ2) is 6.31. The molecule has 1 atom stereocenters. The maximum atomic E-state index is 12.9. The summed E-state index contributed by atoms with van der Waals surface area (Å²) in [4.78, 5) is 0. The van der Waals surface area contributed by atoms with Crippen LogP contribution in [0.5, 0.6) is 0 Å². The molecule has 2 aromatic rings. The maximum Gasteiger partial charge on any atom is 0.416 e. The molecule has 4 heteroatoms. The topological polar surface area (TPSA) is 12.0 Å². The lowest BCUT2D eigenvalue weighted by atomic mass is 10.0. The fourth-order valence-electron chi connectivity index (χ4n) is 2.40. The Hall–Kier alpha value is -1.81. The quantitative estimate of drug-likeness (QED) is 0.848. The van der Waals surface area contributed by atoms with E-state index in [1.165, 1.54) is 12.1 Å². The third kappa shape index (κ3) is 3.85. The lowest BCUT2D eigenvalue weighted by Crippen LogP contribution is -2.21. The van der Waals surface area contributed by atoms with Gasteiger partial charge in [0.25, 0.3) is 0 Å². The Morgan fingerprint density at radius 2 is 1.62 bits per heavy atom. The number of hydrogen-bond donors (Lipinski definition) is 1. The molecule has 0 saturated carbocycles. The number of hydrogen-bond acceptors (Lipinski definition) is 1. The van der Waals surface area contributed by atoms with Crippen LogP contribution in [0.2, 0.25) is 0 Å². The first-order chi connectivity index (χ1) is 9.89. The van der Waals surface area contributed by atoms with E-state index in [4.69, 9.17) is 0 Å². The van der Waals surface area contributed by atoms with Crippen LogP contribution in [-0.4, -0.2) is 0 Å². The Balaban J connectivity index is 2.12. The lowest BCUT2D eigenvalue weighted by molar-refractivity contribution is -0.138. The maximum absolute atomic E-state index is 12.9. The molecule has 0 aliphatic carbocycles. The van der Waals surface area contributed by atoms with Crippen LogP contribution < -0.4 is 5.32 Å². The van der Waals surface area contributed by atoms with Gasteiger partial charge in [0.1, 0.15) is 0 Å². The summed E-state index contributed by atoms with van der Waals surface area (Å²) in [6.45, 7) is 4.14. The SMILES string of the molecule is Cc1ccccc1[C@@H](C)NCc1ccccc1C(F)(F)F. The number of benzene rings is 2. The molecule has 1 nitrogen and oxygen atoms in total. The van der Waals surface area contributed by atoms with Gasteiger partial charge >= 0.3 is 6.18 Å². The van der Waals surface area contributed by atoms with Crippen LogP contribution in [0.1, 0.15) is 35.2 Å². The van der Waals surface area contributed by atoms with Crippen molar-refractivity contribution in [2.75, 3.05) is 0 Å². The van der Waals surface area contributed by atoms with Crippen molar-refractivity contribution in [2.24, 2.45) is 0 Å². The molecule has 0 fully saturated rings. The van der Waals surface area contributed by atoms with E-state index >= 15 is 0 Å². The van der Waals surface area contributed by atoms with Crippen molar-refractivity contribution in [3.63, 3.8) is 0 Å². The highest BCUT2D eigenvalue weighted by molar-refractivity contribution is 5.31. The minimum absolute atomic E-state index is 0.00695. The summed E-state index contributed by atoms with van der Waals surface area (Å²) < 4.78 is 38.8. The van der Waals surface area contributed by atoms with E-state index in [2.05, 4.69) is 5.32 Å². The van der Waals surface area contributed by atoms with E-state index in [1.807, 2.05) is 38.1 Å². The summed E-state index contributed by atoms with van der Waals surface area (Å²) in [5.74, 6) is 0. The van der Waals surface area contributed by atoms with Crippen molar-refractivity contribution in [3.8, 4) is 0 Å². The summed E-state index contributed by atoms with van der Waals surface area (Å²) in [7, 11) is 0. The Kier molecular flexibility index (Phi) is 4.68. The van der Waals surface area contributed by atoms with Crippen LogP contribution in [0.3, 0.4) is 0 Å². The van der Waals surface area contributed by atoms with E-state index in [0.717, 1.165) is 17.2 Å². The largest absolute Gasteiger partial charge is 0.416 e. The molecule has 0 heterocycles. The van der Waals surface area contributed by atoms with Gasteiger partial charge in [-0.3, -0.25) is 0 Å². The molecule has 0 aliphatic heterocycles. The average molecular weight is 293 g/mol. The predicted octanol–water partition coefficient (Wildman–Crippen LogP) is 4.86. The fraction of sp³-hybridized carbons (Fsp3) is 0.294. The zero-order valence-electron chi connectivity index (χ0n) is 12.0. The van der Waals surface area contributed by atoms with E-state index < -0.39 is 11.7 Å². The summed E-state index contributed by atoms with van der Waals surface area (Å²) in [5, 5.41) is 3.17. The fourth-order valence-corrected chi connectivity index (χ4v) is 2.40. The normalized spacial score (nSPS) is 13.2. The van der Waals surface area contributed by atoms with Gasteiger partial charge in [0.2, 0.25) is 0 Å². The molecule has 112 valence electrons. The van der Waals surface area contributed by atoms with Gasteiger partial charge in [0, 0.05) is 12.6 Å². The van der Waals surface area contributed by atoms with E-state index in [-0.39, 0.29) is 18.2 Å². The Morgan fingerprint density at radius 3 is 2.29 bits per heavy atom. The van der Waals surface area contributed by atoms with Gasteiger partial charge in [-0.1, -0.05) is 42.5 Å². The molecule has 1 N–H and O–H groups in total. The molecular formula is C17H18F3N. The zero-order chi connectivity index (χ0) is 15.5. The van der Waals surface area contributed by atoms with Crippen molar-refractivity contribution in [1.29, 1.82) is 0 Å². The van der Waals surface area contributed by atoms with Gasteiger partial charge in [-0.25, -0.2) is 0 Å². The van der Waals surface area contributed by atoms with Crippen LogP contribution in [0.25, 0.3) is 0 Å². The van der Waals surface area contributed by atoms with Gasteiger partial charge < -0.3 is 5.32 Å². The third-order valence-corrected chi connectivity index (χ3v) is 3.58. The summed E-state index contributed by atoms with van der Waals surface area (Å²) in [6.07, 6.45) is -4.32. The molecule has 0 amide bonds. The summed E-state index contributed by atoms with van der Waals surface area (Å²) in [6, 6.07) is 13.5. The lowest BCUT2D eigenvalue weighted by Gasteiger charge is -2.18. The highest BCUT2D eigenvalue weighted by Crippen LogP contribution is 2.32. The van der Waals surface area contributed by atoms with Crippen LogP contribution >= 0.6 is 0 Å². The minimum Gasteiger partial charge on any atom is -0.306 e. The van der Waals surface area contributed by atoms with E-state index in [0.29, 0.717) is 0 Å². The van der Waals surface area contributed by atoms with Crippen LogP contribution in [0.15, 0.2) is 48.5 Å². The molecule has 0 bridgehead atoms. The van der Waals surface area contributed by atoms with E-state index in [1.54, 1.807) is 6.07 Å². The van der Waals surface area contributed by atoms with Crippen molar-refractivity contribution < 1.29 is 13.2 Å². The Bertz CT molecular complexity index is 605. The molecule has 2 rings (SSSR count). The molecule has 0 aromatic heterocycles. The van der Waals surface area contributed by atoms with Crippen LogP contribution in [-0.2, 0) is 12.7 Å². The number of aryl methyl sites for hydroxylation is 1. The van der Waals surface area contributed by atoms with Crippen molar-refractivity contribution in [3.05, 3.63) is 70.8 Å². The van der Waals surface area contributed by atoms with Gasteiger partial charge in [0.05, 0.1) is 5.56 Å². The monoisotopic (exact) mass is 293 g/mol. The number of halogens is 3. The Labute approximate surface area is 122 Å². The predicted molar refractivity (Wildman–Crippen MR) is 77.9 cm³/mol. The first-order valence-electron chi connectivity index (χ1n) is 6.83. The van der Waals surface area contributed by atoms with Gasteiger partial charge in [-0.2, -0.15) is 13.2 Å². The number of alkyl halides is 3. The standard InChI is InChI=1S/C17H18F3N/c1-12-7-3-5-9-15(12)13(2)21-11-14-8-4-6-10-16(14)17(18,19)20/h3-10,13,21H,11H2,1-2H3/t13-/m1/s1. The molecule has 0 aliphatic rings. The number of nitrogens with one attached hydrogen (secondary N) is 1. The molecule has 0 saturated heterocycles. The second-order valence-electron chi connectivity index (χ2n) is 5.11. The van der Waals surface area contributed by atoms with Crippen molar-refractivity contribution in [2.45, 2.75) is 32.6 Å². The van der Waals surface area contributed by atoms with E-state index in [9.17, 15) is 13.2 Å². The van der Waals surface area contributed by atoms with Gasteiger partial charge in [0.15, 0.2) is 0 Å².